The van der Waals surface area contributed by atoms with E-state index in [0.29, 0.717) is 21.5 Å². The van der Waals surface area contributed by atoms with Gasteiger partial charge in [-0.3, -0.25) is 10.1 Å². The van der Waals surface area contributed by atoms with Gasteiger partial charge in [-0.1, -0.05) is 0 Å². The van der Waals surface area contributed by atoms with Gasteiger partial charge in [0.15, 0.2) is 6.04 Å². The summed E-state index contributed by atoms with van der Waals surface area (Å²) in [5.74, 6) is -0.861. The molecular weight excluding hydrogens is 446 g/mol. The van der Waals surface area contributed by atoms with Crippen LogP contribution in [0.3, 0.4) is 0 Å². The average molecular weight is 478 g/mol. The molecule has 1 unspecified atom stereocenters. The number of nitro groups is 1. The minimum absolute atomic E-state index is 0.0849. The summed E-state index contributed by atoms with van der Waals surface area (Å²) < 4.78 is 17.3. The first-order valence-electron chi connectivity index (χ1n) is 10.6. The summed E-state index contributed by atoms with van der Waals surface area (Å²) in [5, 5.41) is 11.7. The number of carbonyl (C=O) groups excluding carboxylic acids is 3. The van der Waals surface area contributed by atoms with E-state index in [-0.39, 0.29) is 12.2 Å². The number of imide groups is 1. The van der Waals surface area contributed by atoms with Crippen molar-refractivity contribution >= 4 is 34.7 Å². The Labute approximate surface area is 197 Å². The summed E-state index contributed by atoms with van der Waals surface area (Å²) in [7, 11) is 1.14. The van der Waals surface area contributed by atoms with Crippen molar-refractivity contribution in [3.8, 4) is 0 Å². The number of ether oxygens (including phenoxy) is 3. The summed E-state index contributed by atoms with van der Waals surface area (Å²) in [4.78, 5) is 50.2. The second kappa shape index (κ2) is 9.70. The molecule has 0 radical (unpaired) electrons. The zero-order chi connectivity index (χ0) is 26.0. The van der Waals surface area contributed by atoms with Crippen LogP contribution in [0.25, 0.3) is 10.9 Å². The Morgan fingerprint density at radius 1 is 1.03 bits per heavy atom. The summed E-state index contributed by atoms with van der Waals surface area (Å²) in [5.41, 5.74) is -0.763. The SMILES string of the molecule is COC(=O)C(Cn1c(C)cc2cc([N+](=O)[O-])ccc21)N(C(=O)OC(C)(C)C)C(=O)OC(C)(C)C. The van der Waals surface area contributed by atoms with Crippen LogP contribution in [-0.2, 0) is 25.5 Å². The predicted molar refractivity (Wildman–Crippen MR) is 123 cm³/mol. The number of fused-ring (bicyclic) bond motifs is 1. The number of methoxy groups -OCH3 is 1. The number of nitro benzene ring substituents is 1. The normalized spacial score (nSPS) is 12.7. The smallest absolute Gasteiger partial charge is 0.420 e. The first-order chi connectivity index (χ1) is 15.5. The molecule has 0 spiro atoms. The van der Waals surface area contributed by atoms with Crippen molar-refractivity contribution in [2.24, 2.45) is 0 Å². The molecule has 34 heavy (non-hydrogen) atoms. The maximum atomic E-state index is 13.1. The molecule has 11 heteroatoms. The highest BCUT2D eigenvalue weighted by atomic mass is 16.6. The van der Waals surface area contributed by atoms with Crippen LogP contribution in [0.1, 0.15) is 47.2 Å². The number of non-ortho nitro benzene ring substituents is 1. The monoisotopic (exact) mass is 477 g/mol. The Morgan fingerprint density at radius 2 is 1.56 bits per heavy atom. The van der Waals surface area contributed by atoms with Gasteiger partial charge in [0.1, 0.15) is 11.2 Å². The van der Waals surface area contributed by atoms with Crippen LogP contribution in [0.4, 0.5) is 15.3 Å². The summed E-state index contributed by atoms with van der Waals surface area (Å²) in [6.07, 6.45) is -2.14. The van der Waals surface area contributed by atoms with Crippen LogP contribution in [0.5, 0.6) is 0 Å². The molecular formula is C23H31N3O8. The van der Waals surface area contributed by atoms with Crippen molar-refractivity contribution in [2.45, 2.75) is 72.3 Å². The number of nitrogens with zero attached hydrogens (tertiary/aromatic N) is 3. The molecule has 2 amide bonds. The van der Waals surface area contributed by atoms with Gasteiger partial charge in [-0.2, -0.15) is 4.90 Å². The van der Waals surface area contributed by atoms with Gasteiger partial charge in [0.05, 0.1) is 18.6 Å². The van der Waals surface area contributed by atoms with E-state index in [2.05, 4.69) is 0 Å². The van der Waals surface area contributed by atoms with Gasteiger partial charge < -0.3 is 18.8 Å². The number of esters is 1. The average Bonchev–Trinajstić information content (AvgIpc) is 2.98. The van der Waals surface area contributed by atoms with Crippen LogP contribution in [-0.4, -0.2) is 56.9 Å². The third-order valence-corrected chi connectivity index (χ3v) is 4.62. The third-order valence-electron chi connectivity index (χ3n) is 4.62. The molecule has 0 saturated heterocycles. The van der Waals surface area contributed by atoms with Gasteiger partial charge in [-0.25, -0.2) is 14.4 Å². The van der Waals surface area contributed by atoms with Crippen molar-refractivity contribution in [3.63, 3.8) is 0 Å². The largest absolute Gasteiger partial charge is 0.467 e. The lowest BCUT2D eigenvalue weighted by molar-refractivity contribution is -0.384. The Kier molecular flexibility index (Phi) is 7.59. The van der Waals surface area contributed by atoms with Crippen LogP contribution in [0.15, 0.2) is 24.3 Å². The zero-order valence-electron chi connectivity index (χ0n) is 20.7. The lowest BCUT2D eigenvalue weighted by atomic mass is 10.2. The molecule has 186 valence electrons. The zero-order valence-corrected chi connectivity index (χ0v) is 20.7. The molecule has 1 atom stereocenters. The molecule has 1 aromatic carbocycles. The molecule has 11 nitrogen and oxygen atoms in total. The van der Waals surface area contributed by atoms with Gasteiger partial charge in [0.2, 0.25) is 0 Å². The summed E-state index contributed by atoms with van der Waals surface area (Å²) in [6, 6.07) is 4.57. The van der Waals surface area contributed by atoms with E-state index in [9.17, 15) is 24.5 Å². The highest BCUT2D eigenvalue weighted by Gasteiger charge is 2.41. The van der Waals surface area contributed by atoms with Crippen molar-refractivity contribution < 1.29 is 33.5 Å². The Balaban J connectivity index is 2.58. The molecule has 1 heterocycles. The number of rotatable bonds is 5. The highest BCUT2D eigenvalue weighted by molar-refractivity contribution is 5.94. The van der Waals surface area contributed by atoms with E-state index in [4.69, 9.17) is 14.2 Å². The standard InChI is InChI=1S/C23H31N3O8/c1-14-11-15-12-16(26(30)31)9-10-17(15)24(14)13-18(19(27)32-8)25(20(28)33-22(2,3)4)21(29)34-23(5,6)7/h9-12,18H,13H2,1-8H3. The quantitative estimate of drug-likeness (QED) is 0.265. The summed E-state index contributed by atoms with van der Waals surface area (Å²) >= 11 is 0. The fraction of sp³-hybridized carbons (Fsp3) is 0.522. The second-order valence-corrected chi connectivity index (χ2v) is 9.77. The lowest BCUT2D eigenvalue weighted by Gasteiger charge is -2.32. The molecule has 1 aromatic heterocycles. The van der Waals surface area contributed by atoms with Crippen molar-refractivity contribution in [2.75, 3.05) is 7.11 Å². The highest BCUT2D eigenvalue weighted by Crippen LogP contribution is 2.26. The topological polar surface area (TPSA) is 130 Å². The van der Waals surface area contributed by atoms with Crippen LogP contribution >= 0.6 is 0 Å². The first-order valence-corrected chi connectivity index (χ1v) is 10.6. The fourth-order valence-electron chi connectivity index (χ4n) is 3.27. The molecule has 2 aromatic rings. The number of benzene rings is 1. The molecule has 0 aliphatic heterocycles. The van der Waals surface area contributed by atoms with E-state index in [1.807, 2.05) is 0 Å². The van der Waals surface area contributed by atoms with Gasteiger partial charge in [-0.15, -0.1) is 0 Å². The van der Waals surface area contributed by atoms with Gasteiger partial charge in [0.25, 0.3) is 5.69 Å². The molecule has 0 aliphatic rings. The predicted octanol–water partition coefficient (Wildman–Crippen LogP) is 4.57. The molecule has 0 saturated carbocycles. The lowest BCUT2D eigenvalue weighted by Crippen LogP contribution is -2.53. The Hall–Kier alpha value is -3.63. The van der Waals surface area contributed by atoms with E-state index < -0.39 is 40.3 Å². The number of hydrogen-bond donors (Lipinski definition) is 0. The van der Waals surface area contributed by atoms with Crippen LogP contribution in [0.2, 0.25) is 0 Å². The van der Waals surface area contributed by atoms with E-state index >= 15 is 0 Å². The van der Waals surface area contributed by atoms with Gasteiger partial charge in [-0.05, 0) is 60.6 Å². The molecule has 0 bridgehead atoms. The van der Waals surface area contributed by atoms with Gasteiger partial charge in [0, 0.05) is 28.7 Å². The Morgan fingerprint density at radius 3 is 2.00 bits per heavy atom. The number of hydrogen-bond acceptors (Lipinski definition) is 8. The fourth-order valence-corrected chi connectivity index (χ4v) is 3.27. The number of carbonyl (C=O) groups is 3. The number of aromatic nitrogens is 1. The second-order valence-electron chi connectivity index (χ2n) is 9.77. The van der Waals surface area contributed by atoms with E-state index in [0.717, 1.165) is 7.11 Å². The maximum Gasteiger partial charge on any atom is 0.420 e. The molecule has 0 fully saturated rings. The van der Waals surface area contributed by atoms with Crippen molar-refractivity contribution in [1.29, 1.82) is 0 Å². The van der Waals surface area contributed by atoms with Crippen molar-refractivity contribution in [3.05, 3.63) is 40.1 Å². The molecule has 0 N–H and O–H groups in total. The third kappa shape index (κ3) is 6.46. The number of amides is 2. The maximum absolute atomic E-state index is 13.1. The minimum Gasteiger partial charge on any atom is -0.467 e. The molecule has 2 rings (SSSR count). The van der Waals surface area contributed by atoms with E-state index in [1.165, 1.54) is 12.1 Å². The summed E-state index contributed by atoms with van der Waals surface area (Å²) in [6.45, 7) is 11.3. The first kappa shape index (κ1) is 26.6. The van der Waals surface area contributed by atoms with Gasteiger partial charge >= 0.3 is 18.2 Å². The van der Waals surface area contributed by atoms with Crippen molar-refractivity contribution in [1.82, 2.24) is 9.47 Å². The van der Waals surface area contributed by atoms with Crippen LogP contribution < -0.4 is 0 Å². The number of aryl methyl sites for hydroxylation is 1. The Bertz CT molecular complexity index is 1080. The van der Waals surface area contributed by atoms with Crippen LogP contribution in [0, 0.1) is 17.0 Å². The molecule has 0 aliphatic carbocycles. The minimum atomic E-state index is -1.43. The van der Waals surface area contributed by atoms with E-state index in [1.54, 1.807) is 65.2 Å².